The molecule has 2 aromatic rings. The Morgan fingerprint density at radius 1 is 1.04 bits per heavy atom. The first kappa shape index (κ1) is 35.3. The average molecular weight is 688 g/mol. The number of aromatic nitrogens is 3. The first-order valence-corrected chi connectivity index (χ1v) is 18.9. The number of carbonyl (C=O) groups excluding carboxylic acids is 1. The monoisotopic (exact) mass is 687 g/mol. The van der Waals surface area contributed by atoms with Crippen molar-refractivity contribution in [1.29, 1.82) is 0 Å². The van der Waals surface area contributed by atoms with Gasteiger partial charge in [-0.15, -0.1) is 5.10 Å². The lowest BCUT2D eigenvalue weighted by molar-refractivity contribution is -0.384. The maximum atomic E-state index is 14.5. The number of hydrogen-bond acceptors (Lipinski definition) is 7. The van der Waals surface area contributed by atoms with E-state index in [4.69, 9.17) is 0 Å². The van der Waals surface area contributed by atoms with Gasteiger partial charge in [-0.25, -0.2) is 4.68 Å². The van der Waals surface area contributed by atoms with E-state index in [0.29, 0.717) is 18.2 Å². The number of benzene rings is 1. The van der Waals surface area contributed by atoms with Crippen LogP contribution in [0.15, 0.2) is 42.1 Å². The maximum Gasteiger partial charge on any atom is 0.269 e. The van der Waals surface area contributed by atoms with Crippen LogP contribution in [0, 0.1) is 60.4 Å². The first-order chi connectivity index (χ1) is 23.5. The fraction of sp³-hybridized carbons (Fsp3) is 0.725. The molecule has 0 spiro atoms. The van der Waals surface area contributed by atoms with Gasteiger partial charge < -0.3 is 15.5 Å². The normalized spacial score (nSPS) is 40.4. The molecule has 50 heavy (non-hydrogen) atoms. The Labute approximate surface area is 296 Å². The van der Waals surface area contributed by atoms with Crippen molar-refractivity contribution in [1.82, 2.24) is 20.3 Å². The van der Waals surface area contributed by atoms with Gasteiger partial charge in [0.25, 0.3) is 5.69 Å². The quantitative estimate of drug-likeness (QED) is 0.162. The maximum absolute atomic E-state index is 14.5. The van der Waals surface area contributed by atoms with Gasteiger partial charge in [-0.1, -0.05) is 70.5 Å². The molecule has 0 bridgehead atoms. The predicted octanol–water partition coefficient (Wildman–Crippen LogP) is 6.99. The van der Waals surface area contributed by atoms with Crippen molar-refractivity contribution in [2.24, 2.45) is 50.2 Å². The molecule has 5 aliphatic rings. The van der Waals surface area contributed by atoms with Gasteiger partial charge in [-0.2, -0.15) is 0 Å². The molecule has 4 fully saturated rings. The van der Waals surface area contributed by atoms with Gasteiger partial charge in [0.2, 0.25) is 5.91 Å². The highest BCUT2D eigenvalue weighted by atomic mass is 16.6. The highest BCUT2D eigenvalue weighted by Crippen LogP contribution is 2.75. The number of amides is 1. The predicted molar refractivity (Wildman–Crippen MR) is 191 cm³/mol. The number of rotatable bonds is 7. The minimum Gasteiger partial charge on any atom is -0.396 e. The number of carbonyl (C=O) groups is 1. The van der Waals surface area contributed by atoms with Crippen molar-refractivity contribution in [3.8, 4) is 0 Å². The molecular formula is C40H57N5O5. The van der Waals surface area contributed by atoms with Gasteiger partial charge in [0.05, 0.1) is 42.3 Å². The second-order valence-corrected chi connectivity index (χ2v) is 18.6. The van der Waals surface area contributed by atoms with Gasteiger partial charge in [-0.3, -0.25) is 14.9 Å². The third-order valence-electron chi connectivity index (χ3n) is 15.7. The van der Waals surface area contributed by atoms with Crippen LogP contribution in [0.25, 0.3) is 0 Å². The van der Waals surface area contributed by atoms with E-state index in [1.54, 1.807) is 16.8 Å². The minimum absolute atomic E-state index is 0.0212. The number of hydrogen-bond donors (Lipinski definition) is 3. The number of aliphatic hydroxyl groups is 2. The molecule has 10 heteroatoms. The summed E-state index contributed by atoms with van der Waals surface area (Å²) >= 11 is 0. The molecule has 272 valence electrons. The zero-order valence-corrected chi connectivity index (χ0v) is 30.9. The van der Waals surface area contributed by atoms with Crippen LogP contribution in [-0.2, 0) is 17.9 Å². The molecule has 3 N–H and O–H groups in total. The van der Waals surface area contributed by atoms with Crippen molar-refractivity contribution < 1.29 is 19.9 Å². The number of fused-ring (bicyclic) bond motifs is 7. The van der Waals surface area contributed by atoms with E-state index in [-0.39, 0.29) is 58.2 Å². The Bertz CT molecular complexity index is 1700. The highest BCUT2D eigenvalue weighted by molar-refractivity contribution is 5.84. The Morgan fingerprint density at radius 3 is 2.54 bits per heavy atom. The number of nitrogens with one attached hydrogen (secondary N) is 1. The van der Waals surface area contributed by atoms with Gasteiger partial charge >= 0.3 is 0 Å². The van der Waals surface area contributed by atoms with Gasteiger partial charge in [-0.05, 0) is 109 Å². The summed E-state index contributed by atoms with van der Waals surface area (Å²) in [6, 6.07) is 6.52. The molecular weight excluding hydrogens is 630 g/mol. The van der Waals surface area contributed by atoms with Crippen LogP contribution in [0.5, 0.6) is 0 Å². The molecule has 7 rings (SSSR count). The number of allylic oxidation sites excluding steroid dienone is 2. The molecule has 1 aromatic carbocycles. The highest BCUT2D eigenvalue weighted by Gasteiger charge is 2.69. The van der Waals surface area contributed by atoms with E-state index >= 15 is 0 Å². The van der Waals surface area contributed by atoms with Gasteiger partial charge in [0.15, 0.2) is 0 Å². The topological polar surface area (TPSA) is 143 Å². The second kappa shape index (κ2) is 12.0. The van der Waals surface area contributed by atoms with E-state index < -0.39 is 21.9 Å². The molecule has 0 unspecified atom stereocenters. The SMILES string of the molecule is CC1(C)CC[C@]2(C(=O)NCc3cn(Cc4cccc([N+](=O)[O-])c4)nn3)CC[C@]3(C)C(=CC[C@@H]4[C@@]5(C)CC[C@H](O)[C@@](C)(CO)[C@@H]5CC[C@]43C)[C@@H]2C1. The lowest BCUT2D eigenvalue weighted by Gasteiger charge is -2.71. The summed E-state index contributed by atoms with van der Waals surface area (Å²) in [5.74, 6) is 1.04. The molecule has 1 heterocycles. The van der Waals surface area contributed by atoms with Crippen LogP contribution in [0.1, 0.15) is 117 Å². The second-order valence-electron chi connectivity index (χ2n) is 18.6. The van der Waals surface area contributed by atoms with E-state index in [1.165, 1.54) is 11.6 Å². The Balaban J connectivity index is 1.14. The fourth-order valence-corrected chi connectivity index (χ4v) is 12.5. The Hall–Kier alpha value is -3.11. The van der Waals surface area contributed by atoms with E-state index in [0.717, 1.165) is 69.8 Å². The van der Waals surface area contributed by atoms with Crippen LogP contribution in [0.3, 0.4) is 0 Å². The van der Waals surface area contributed by atoms with Gasteiger partial charge in [0.1, 0.15) is 5.69 Å². The van der Waals surface area contributed by atoms with Crippen molar-refractivity contribution in [3.63, 3.8) is 0 Å². The Kier molecular flexibility index (Phi) is 8.45. The lowest BCUT2D eigenvalue weighted by atomic mass is 9.33. The van der Waals surface area contributed by atoms with Gasteiger partial charge in [0, 0.05) is 17.5 Å². The van der Waals surface area contributed by atoms with Crippen LogP contribution in [0.4, 0.5) is 5.69 Å². The third-order valence-corrected chi connectivity index (χ3v) is 15.7. The Morgan fingerprint density at radius 2 is 1.80 bits per heavy atom. The molecule has 5 aliphatic carbocycles. The number of non-ortho nitro benzene ring substituents is 1. The molecule has 4 saturated carbocycles. The third kappa shape index (κ3) is 5.21. The molecule has 0 radical (unpaired) electrons. The largest absolute Gasteiger partial charge is 0.396 e. The summed E-state index contributed by atoms with van der Waals surface area (Å²) in [7, 11) is 0. The zero-order valence-electron chi connectivity index (χ0n) is 30.9. The van der Waals surface area contributed by atoms with E-state index in [2.05, 4.69) is 63.2 Å². The number of nitrogens with zero attached hydrogens (tertiary/aromatic N) is 4. The summed E-state index contributed by atoms with van der Waals surface area (Å²) in [6.45, 7) is 15.0. The molecule has 0 saturated heterocycles. The molecule has 1 amide bonds. The lowest BCUT2D eigenvalue weighted by Crippen LogP contribution is -2.66. The summed E-state index contributed by atoms with van der Waals surface area (Å²) in [5, 5.41) is 44.8. The summed E-state index contributed by atoms with van der Waals surface area (Å²) in [5.41, 5.74) is 2.28. The number of nitro groups is 1. The summed E-state index contributed by atoms with van der Waals surface area (Å²) in [4.78, 5) is 25.4. The fourth-order valence-electron chi connectivity index (χ4n) is 12.5. The summed E-state index contributed by atoms with van der Waals surface area (Å²) < 4.78 is 1.66. The molecule has 10 nitrogen and oxygen atoms in total. The molecule has 1 aromatic heterocycles. The minimum atomic E-state index is -0.472. The van der Waals surface area contributed by atoms with E-state index in [9.17, 15) is 25.1 Å². The average Bonchev–Trinajstić information content (AvgIpc) is 3.52. The van der Waals surface area contributed by atoms with Crippen LogP contribution in [-0.4, -0.2) is 48.7 Å². The first-order valence-electron chi connectivity index (χ1n) is 18.9. The summed E-state index contributed by atoms with van der Waals surface area (Å²) in [6.07, 6.45) is 13.5. The van der Waals surface area contributed by atoms with E-state index in [1.807, 2.05) is 12.3 Å². The van der Waals surface area contributed by atoms with Crippen LogP contribution >= 0.6 is 0 Å². The van der Waals surface area contributed by atoms with Crippen molar-refractivity contribution >= 4 is 11.6 Å². The molecule has 9 atom stereocenters. The van der Waals surface area contributed by atoms with Crippen molar-refractivity contribution in [3.05, 3.63) is 63.5 Å². The standard InChI is InChI=1S/C40H57N5O5/c1-35(2)16-18-40(34(48)41-22-27-24-44(43-42-27)23-26-8-7-9-28(20-26)45(49)50)19-17-38(5)29(30(40)21-35)10-11-32-36(3)14-13-33(47)37(4,25-46)31(36)12-15-39(32,38)6/h7-10,20,24,30-33,46-47H,11-19,21-23,25H2,1-6H3,(H,41,48)/t30-,31+,32+,33-,36-,37-,38+,39+,40-/m0/s1. The van der Waals surface area contributed by atoms with Crippen molar-refractivity contribution in [2.75, 3.05) is 6.61 Å². The number of nitro benzene ring substituents is 1. The molecule has 0 aliphatic heterocycles. The number of aliphatic hydroxyl groups excluding tert-OH is 2. The zero-order chi connectivity index (χ0) is 35.9. The van der Waals surface area contributed by atoms with Crippen molar-refractivity contribution in [2.45, 2.75) is 125 Å². The van der Waals surface area contributed by atoms with Crippen LogP contribution < -0.4 is 5.32 Å². The smallest absolute Gasteiger partial charge is 0.269 e. The van der Waals surface area contributed by atoms with Crippen LogP contribution in [0.2, 0.25) is 0 Å².